The highest BCUT2D eigenvalue weighted by molar-refractivity contribution is 7.22. The molecule has 0 saturated heterocycles. The topological polar surface area (TPSA) is 80.8 Å². The summed E-state index contributed by atoms with van der Waals surface area (Å²) in [6.45, 7) is 0.727. The first kappa shape index (κ1) is 19.2. The van der Waals surface area contributed by atoms with Crippen LogP contribution in [0.15, 0.2) is 67.3 Å². The Labute approximate surface area is 189 Å². The molecule has 2 N–H and O–H groups in total. The fourth-order valence-electron chi connectivity index (χ4n) is 4.35. The monoisotopic (exact) mass is 442 g/mol. The predicted molar refractivity (Wildman–Crippen MR) is 126 cm³/mol. The first-order valence-electron chi connectivity index (χ1n) is 10.6. The van der Waals surface area contributed by atoms with Gasteiger partial charge in [-0.05, 0) is 34.9 Å². The summed E-state index contributed by atoms with van der Waals surface area (Å²) in [5, 5.41) is 19.2. The molecule has 0 unspecified atom stereocenters. The average molecular weight is 443 g/mol. The fraction of sp³-hybridized carbons (Fsp3) is 0.208. The summed E-state index contributed by atoms with van der Waals surface area (Å²) in [7, 11) is 1.90. The van der Waals surface area contributed by atoms with Crippen molar-refractivity contribution >= 4 is 26.7 Å². The Balaban J connectivity index is 1.22. The molecule has 2 aromatic carbocycles. The number of nitrogens with one attached hydrogen (secondary N) is 1. The zero-order valence-corrected chi connectivity index (χ0v) is 18.3. The van der Waals surface area contributed by atoms with E-state index in [1.165, 1.54) is 11.1 Å². The van der Waals surface area contributed by atoms with Gasteiger partial charge in [-0.1, -0.05) is 41.7 Å². The Morgan fingerprint density at radius 3 is 2.94 bits per heavy atom. The predicted octanol–water partition coefficient (Wildman–Crippen LogP) is 4.01. The van der Waals surface area contributed by atoms with Crippen LogP contribution >= 0.6 is 11.3 Å². The van der Waals surface area contributed by atoms with E-state index < -0.39 is 6.10 Å². The number of fused-ring (bicyclic) bond motifs is 2. The third kappa shape index (κ3) is 3.47. The zero-order valence-electron chi connectivity index (χ0n) is 17.5. The van der Waals surface area contributed by atoms with Crippen LogP contribution in [0.25, 0.3) is 21.6 Å². The third-order valence-electron chi connectivity index (χ3n) is 5.91. The van der Waals surface area contributed by atoms with E-state index in [-0.39, 0.29) is 6.04 Å². The quantitative estimate of drug-likeness (QED) is 0.430. The van der Waals surface area contributed by atoms with Crippen molar-refractivity contribution in [1.29, 1.82) is 0 Å². The lowest BCUT2D eigenvalue weighted by Gasteiger charge is -2.16. The Morgan fingerprint density at radius 1 is 1.16 bits per heavy atom. The van der Waals surface area contributed by atoms with E-state index in [1.807, 2.05) is 44.0 Å². The molecule has 0 fully saturated rings. The number of aliphatic hydroxyl groups excluding tert-OH is 1. The van der Waals surface area contributed by atoms with Gasteiger partial charge < -0.3 is 15.0 Å². The maximum Gasteiger partial charge on any atom is 0.184 e. The van der Waals surface area contributed by atoms with Gasteiger partial charge in [0.25, 0.3) is 0 Å². The van der Waals surface area contributed by atoms with E-state index >= 15 is 0 Å². The lowest BCUT2D eigenvalue weighted by Crippen LogP contribution is -2.20. The van der Waals surface area contributed by atoms with Crippen molar-refractivity contribution in [3.05, 3.63) is 83.9 Å². The standard InChI is InChI=1S/C24H22N6OS/c1-29-9-8-18(28-29)20-13-30(14-25-20)12-15-6-7-19-22(10-15)32-24(26-19)27-23-17-5-3-2-4-16(17)11-21(23)31/h2-10,13-14,21,23,31H,11-12H2,1H3,(H,26,27)/t21-,23+/m0/s1. The molecule has 160 valence electrons. The molecular formula is C24H22N6OS. The number of aryl methyl sites for hydroxylation is 1. The molecule has 3 aromatic heterocycles. The molecule has 2 atom stereocenters. The van der Waals surface area contributed by atoms with Crippen LogP contribution in [0.2, 0.25) is 0 Å². The summed E-state index contributed by atoms with van der Waals surface area (Å²) in [5.41, 5.74) is 6.24. The number of hydrogen-bond donors (Lipinski definition) is 2. The van der Waals surface area contributed by atoms with Gasteiger partial charge in [-0.25, -0.2) is 9.97 Å². The van der Waals surface area contributed by atoms with Crippen molar-refractivity contribution in [3.8, 4) is 11.4 Å². The minimum absolute atomic E-state index is 0.123. The van der Waals surface area contributed by atoms with E-state index in [1.54, 1.807) is 16.0 Å². The van der Waals surface area contributed by atoms with Crippen LogP contribution in [0.1, 0.15) is 22.7 Å². The summed E-state index contributed by atoms with van der Waals surface area (Å²) >= 11 is 1.62. The lowest BCUT2D eigenvalue weighted by molar-refractivity contribution is 0.166. The molecule has 1 aliphatic rings. The number of thiazole rings is 1. The SMILES string of the molecule is Cn1ccc(-c2cn(Cc3ccc4nc(N[C@@H]5c6ccccc6C[C@@H]5O)sc4c3)cn2)n1. The summed E-state index contributed by atoms with van der Waals surface area (Å²) in [6, 6.07) is 16.4. The number of hydrogen-bond acceptors (Lipinski definition) is 6. The van der Waals surface area contributed by atoms with Crippen molar-refractivity contribution < 1.29 is 5.11 Å². The van der Waals surface area contributed by atoms with Gasteiger partial charge in [-0.2, -0.15) is 5.10 Å². The van der Waals surface area contributed by atoms with Gasteiger partial charge in [0.05, 0.1) is 28.7 Å². The number of rotatable bonds is 5. The van der Waals surface area contributed by atoms with Gasteiger partial charge in [0.15, 0.2) is 5.13 Å². The second-order valence-electron chi connectivity index (χ2n) is 8.22. The van der Waals surface area contributed by atoms with Crippen LogP contribution in [-0.2, 0) is 20.0 Å². The zero-order chi connectivity index (χ0) is 21.7. The van der Waals surface area contributed by atoms with Gasteiger partial charge in [0, 0.05) is 32.4 Å². The van der Waals surface area contributed by atoms with Crippen molar-refractivity contribution in [2.75, 3.05) is 5.32 Å². The highest BCUT2D eigenvalue weighted by Gasteiger charge is 2.31. The van der Waals surface area contributed by atoms with Gasteiger partial charge in [0.2, 0.25) is 0 Å². The summed E-state index contributed by atoms with van der Waals surface area (Å²) < 4.78 is 4.97. The molecule has 0 aliphatic heterocycles. The number of aliphatic hydroxyl groups is 1. The van der Waals surface area contributed by atoms with Crippen molar-refractivity contribution in [2.24, 2.45) is 7.05 Å². The normalized spacial score (nSPS) is 17.7. The molecule has 3 heterocycles. The van der Waals surface area contributed by atoms with E-state index in [2.05, 4.69) is 50.3 Å². The Kier molecular flexibility index (Phi) is 4.55. The van der Waals surface area contributed by atoms with Gasteiger partial charge >= 0.3 is 0 Å². The number of anilines is 1. The summed E-state index contributed by atoms with van der Waals surface area (Å²) in [5.74, 6) is 0. The molecule has 8 heteroatoms. The van der Waals surface area contributed by atoms with Crippen LogP contribution < -0.4 is 5.32 Å². The van der Waals surface area contributed by atoms with E-state index in [4.69, 9.17) is 4.98 Å². The Morgan fingerprint density at radius 2 is 2.06 bits per heavy atom. The molecule has 32 heavy (non-hydrogen) atoms. The molecule has 0 spiro atoms. The summed E-state index contributed by atoms with van der Waals surface area (Å²) in [4.78, 5) is 9.23. The minimum atomic E-state index is -0.440. The smallest absolute Gasteiger partial charge is 0.184 e. The fourth-order valence-corrected chi connectivity index (χ4v) is 5.32. The highest BCUT2D eigenvalue weighted by atomic mass is 32.1. The second-order valence-corrected chi connectivity index (χ2v) is 9.25. The molecule has 0 saturated carbocycles. The minimum Gasteiger partial charge on any atom is -0.390 e. The molecule has 5 aromatic rings. The largest absolute Gasteiger partial charge is 0.390 e. The first-order chi connectivity index (χ1) is 15.6. The summed E-state index contributed by atoms with van der Waals surface area (Å²) in [6.07, 6.45) is 6.01. The molecule has 6 rings (SSSR count). The van der Waals surface area contributed by atoms with Crippen LogP contribution in [0.5, 0.6) is 0 Å². The molecular weight excluding hydrogens is 420 g/mol. The number of nitrogens with zero attached hydrogens (tertiary/aromatic N) is 5. The van der Waals surface area contributed by atoms with Crippen molar-refractivity contribution in [1.82, 2.24) is 24.3 Å². The molecule has 0 amide bonds. The van der Waals surface area contributed by atoms with E-state index in [9.17, 15) is 5.11 Å². The van der Waals surface area contributed by atoms with Crippen LogP contribution in [-0.4, -0.2) is 35.5 Å². The highest BCUT2D eigenvalue weighted by Crippen LogP contribution is 2.36. The number of imidazole rings is 1. The van der Waals surface area contributed by atoms with Gasteiger partial charge in [-0.3, -0.25) is 4.68 Å². The van der Waals surface area contributed by atoms with E-state index in [0.717, 1.165) is 38.8 Å². The third-order valence-corrected chi connectivity index (χ3v) is 6.86. The number of aromatic nitrogens is 5. The van der Waals surface area contributed by atoms with Crippen molar-refractivity contribution in [3.63, 3.8) is 0 Å². The average Bonchev–Trinajstić information content (AvgIpc) is 3.55. The first-order valence-corrected chi connectivity index (χ1v) is 11.4. The van der Waals surface area contributed by atoms with E-state index in [0.29, 0.717) is 6.42 Å². The second kappa shape index (κ2) is 7.58. The van der Waals surface area contributed by atoms with Crippen LogP contribution in [0.4, 0.5) is 5.13 Å². The maximum absolute atomic E-state index is 10.5. The molecule has 1 aliphatic carbocycles. The van der Waals surface area contributed by atoms with Crippen molar-refractivity contribution in [2.45, 2.75) is 25.1 Å². The molecule has 0 bridgehead atoms. The number of benzene rings is 2. The Bertz CT molecular complexity index is 1420. The van der Waals surface area contributed by atoms with Gasteiger partial charge in [0.1, 0.15) is 11.4 Å². The molecule has 7 nitrogen and oxygen atoms in total. The Hall–Kier alpha value is -3.49. The van der Waals surface area contributed by atoms with Crippen LogP contribution in [0, 0.1) is 0 Å². The van der Waals surface area contributed by atoms with Gasteiger partial charge in [-0.15, -0.1) is 0 Å². The molecule has 0 radical (unpaired) electrons. The maximum atomic E-state index is 10.5. The van der Waals surface area contributed by atoms with Crippen LogP contribution in [0.3, 0.4) is 0 Å². The lowest BCUT2D eigenvalue weighted by atomic mass is 10.1.